The summed E-state index contributed by atoms with van der Waals surface area (Å²) in [6.07, 6.45) is 4.08. The summed E-state index contributed by atoms with van der Waals surface area (Å²) in [5.74, 6) is -0.824. The van der Waals surface area contributed by atoms with Gasteiger partial charge < -0.3 is 15.5 Å². The predicted molar refractivity (Wildman–Crippen MR) is 53.1 cm³/mol. The number of rotatable bonds is 6. The Labute approximate surface area is 84.3 Å². The zero-order valence-corrected chi connectivity index (χ0v) is 8.62. The van der Waals surface area contributed by atoms with E-state index >= 15 is 0 Å². The van der Waals surface area contributed by atoms with E-state index in [1.807, 2.05) is 6.92 Å². The topological polar surface area (TPSA) is 69.6 Å². The Balaban J connectivity index is 2.28. The van der Waals surface area contributed by atoms with E-state index in [2.05, 4.69) is 5.32 Å². The van der Waals surface area contributed by atoms with Gasteiger partial charge in [0.15, 0.2) is 0 Å². The van der Waals surface area contributed by atoms with Gasteiger partial charge in [-0.05, 0) is 25.7 Å². The third-order valence-electron chi connectivity index (χ3n) is 2.84. The van der Waals surface area contributed by atoms with Crippen LogP contribution in [-0.2, 0) is 4.79 Å². The van der Waals surface area contributed by atoms with Gasteiger partial charge in [-0.25, -0.2) is 0 Å². The molecule has 1 unspecified atom stereocenters. The lowest BCUT2D eigenvalue weighted by Gasteiger charge is -2.37. The minimum atomic E-state index is -0.824. The average molecular weight is 201 g/mol. The zero-order valence-electron chi connectivity index (χ0n) is 8.62. The summed E-state index contributed by atoms with van der Waals surface area (Å²) in [5, 5.41) is 21.5. The average Bonchev–Trinajstić information content (AvgIpc) is 2.08. The summed E-state index contributed by atoms with van der Waals surface area (Å²) in [7, 11) is 0. The third-order valence-corrected chi connectivity index (χ3v) is 2.84. The second-order valence-electron chi connectivity index (χ2n) is 4.14. The fraction of sp³-hybridized carbons (Fsp3) is 0.900. The van der Waals surface area contributed by atoms with Crippen LogP contribution in [0.2, 0.25) is 0 Å². The van der Waals surface area contributed by atoms with Crippen LogP contribution in [0.25, 0.3) is 0 Å². The molecule has 3 N–H and O–H groups in total. The lowest BCUT2D eigenvalue weighted by atomic mass is 9.80. The summed E-state index contributed by atoms with van der Waals surface area (Å²) in [6.45, 7) is 2.36. The molecule has 82 valence electrons. The molecule has 1 fully saturated rings. The van der Waals surface area contributed by atoms with Crippen LogP contribution in [0, 0.1) is 0 Å². The quantitative estimate of drug-likeness (QED) is 0.593. The first kappa shape index (κ1) is 11.5. The fourth-order valence-electron chi connectivity index (χ4n) is 1.68. The van der Waals surface area contributed by atoms with Crippen molar-refractivity contribution in [3.63, 3.8) is 0 Å². The predicted octanol–water partition coefficient (Wildman–Crippen LogP) is 0.744. The lowest BCUT2D eigenvalue weighted by Crippen LogP contribution is -2.50. The number of carbonyl (C=O) groups is 1. The summed E-state index contributed by atoms with van der Waals surface area (Å²) in [6, 6.07) is -0.510. The lowest BCUT2D eigenvalue weighted by molar-refractivity contribution is -0.140. The van der Waals surface area contributed by atoms with Gasteiger partial charge in [0.05, 0.1) is 5.60 Å². The molecule has 0 bridgehead atoms. The van der Waals surface area contributed by atoms with Crippen molar-refractivity contribution in [1.29, 1.82) is 0 Å². The number of hydrogen-bond donors (Lipinski definition) is 3. The molecule has 0 saturated heterocycles. The first-order valence-electron chi connectivity index (χ1n) is 5.26. The highest BCUT2D eigenvalue weighted by molar-refractivity contribution is 5.73. The van der Waals surface area contributed by atoms with Crippen LogP contribution >= 0.6 is 0 Å². The summed E-state index contributed by atoms with van der Waals surface area (Å²) >= 11 is 0. The van der Waals surface area contributed by atoms with Crippen LogP contribution in [0.3, 0.4) is 0 Å². The van der Waals surface area contributed by atoms with Gasteiger partial charge in [0.1, 0.15) is 6.04 Å². The SMILES string of the molecule is CCCC(NCC1(O)CCC1)C(=O)O. The number of nitrogens with one attached hydrogen (secondary N) is 1. The molecule has 1 saturated carbocycles. The standard InChI is InChI=1S/C10H19NO3/c1-2-4-8(9(12)13)11-7-10(14)5-3-6-10/h8,11,14H,2-7H2,1H3,(H,12,13). The van der Waals surface area contributed by atoms with Crippen molar-refractivity contribution in [1.82, 2.24) is 5.32 Å². The Morgan fingerprint density at radius 3 is 2.57 bits per heavy atom. The number of carboxylic acid groups (broad SMARTS) is 1. The second-order valence-corrected chi connectivity index (χ2v) is 4.14. The minimum Gasteiger partial charge on any atom is -0.480 e. The van der Waals surface area contributed by atoms with Gasteiger partial charge >= 0.3 is 5.97 Å². The molecule has 0 heterocycles. The maximum Gasteiger partial charge on any atom is 0.320 e. The maximum atomic E-state index is 10.8. The van der Waals surface area contributed by atoms with Gasteiger partial charge in [-0.15, -0.1) is 0 Å². The normalized spacial score (nSPS) is 21.3. The molecule has 0 amide bonds. The molecule has 0 spiro atoms. The first-order chi connectivity index (χ1) is 6.57. The van der Waals surface area contributed by atoms with Crippen LogP contribution in [0.5, 0.6) is 0 Å². The van der Waals surface area contributed by atoms with E-state index in [0.717, 1.165) is 25.7 Å². The molecular formula is C10H19NO3. The molecule has 0 radical (unpaired) electrons. The molecule has 4 heteroatoms. The maximum absolute atomic E-state index is 10.8. The van der Waals surface area contributed by atoms with Crippen molar-refractivity contribution < 1.29 is 15.0 Å². The Hall–Kier alpha value is -0.610. The molecule has 1 aliphatic carbocycles. The van der Waals surface area contributed by atoms with Crippen molar-refractivity contribution in [2.45, 2.75) is 50.7 Å². The van der Waals surface area contributed by atoms with Gasteiger partial charge in [-0.2, -0.15) is 0 Å². The minimum absolute atomic E-state index is 0.407. The van der Waals surface area contributed by atoms with Crippen molar-refractivity contribution in [2.75, 3.05) is 6.54 Å². The van der Waals surface area contributed by atoms with E-state index in [0.29, 0.717) is 13.0 Å². The molecule has 1 rings (SSSR count). The molecular weight excluding hydrogens is 182 g/mol. The Kier molecular flexibility index (Phi) is 3.89. The van der Waals surface area contributed by atoms with Crippen LogP contribution < -0.4 is 5.32 Å². The highest BCUT2D eigenvalue weighted by Crippen LogP contribution is 2.30. The molecule has 0 aromatic rings. The van der Waals surface area contributed by atoms with Crippen molar-refractivity contribution in [2.24, 2.45) is 0 Å². The molecule has 1 atom stereocenters. The van der Waals surface area contributed by atoms with Gasteiger partial charge in [-0.3, -0.25) is 4.79 Å². The Bertz CT molecular complexity index is 202. The second kappa shape index (κ2) is 4.75. The van der Waals surface area contributed by atoms with E-state index in [1.54, 1.807) is 0 Å². The first-order valence-corrected chi connectivity index (χ1v) is 5.26. The summed E-state index contributed by atoms with van der Waals surface area (Å²) in [5.41, 5.74) is -0.637. The number of hydrogen-bond acceptors (Lipinski definition) is 3. The summed E-state index contributed by atoms with van der Waals surface area (Å²) < 4.78 is 0. The Morgan fingerprint density at radius 2 is 2.21 bits per heavy atom. The van der Waals surface area contributed by atoms with Gasteiger partial charge in [0, 0.05) is 6.54 Å². The smallest absolute Gasteiger partial charge is 0.320 e. The monoisotopic (exact) mass is 201 g/mol. The molecule has 0 aromatic carbocycles. The van der Waals surface area contributed by atoms with E-state index < -0.39 is 17.6 Å². The van der Waals surface area contributed by atoms with E-state index in [4.69, 9.17) is 5.11 Å². The highest BCUT2D eigenvalue weighted by atomic mass is 16.4. The summed E-state index contributed by atoms with van der Waals surface area (Å²) in [4.78, 5) is 10.8. The molecule has 4 nitrogen and oxygen atoms in total. The molecule has 0 aliphatic heterocycles. The molecule has 1 aliphatic rings. The molecule has 0 aromatic heterocycles. The zero-order chi connectivity index (χ0) is 10.6. The largest absolute Gasteiger partial charge is 0.480 e. The Morgan fingerprint density at radius 1 is 1.57 bits per heavy atom. The molecule has 14 heavy (non-hydrogen) atoms. The van der Waals surface area contributed by atoms with Crippen LogP contribution in [0.4, 0.5) is 0 Å². The van der Waals surface area contributed by atoms with Gasteiger partial charge in [0.25, 0.3) is 0 Å². The van der Waals surface area contributed by atoms with Crippen molar-refractivity contribution in [3.05, 3.63) is 0 Å². The third kappa shape index (κ3) is 2.96. The van der Waals surface area contributed by atoms with Gasteiger partial charge in [0.2, 0.25) is 0 Å². The van der Waals surface area contributed by atoms with E-state index in [1.165, 1.54) is 0 Å². The number of carboxylic acids is 1. The van der Waals surface area contributed by atoms with Crippen molar-refractivity contribution in [3.8, 4) is 0 Å². The fourth-order valence-corrected chi connectivity index (χ4v) is 1.68. The van der Waals surface area contributed by atoms with E-state index in [-0.39, 0.29) is 0 Å². The number of aliphatic carboxylic acids is 1. The van der Waals surface area contributed by atoms with Gasteiger partial charge in [-0.1, -0.05) is 13.3 Å². The van der Waals surface area contributed by atoms with Crippen LogP contribution in [0.1, 0.15) is 39.0 Å². The highest BCUT2D eigenvalue weighted by Gasteiger charge is 2.35. The van der Waals surface area contributed by atoms with Crippen LogP contribution in [0.15, 0.2) is 0 Å². The van der Waals surface area contributed by atoms with E-state index in [9.17, 15) is 9.90 Å². The number of aliphatic hydroxyl groups is 1. The van der Waals surface area contributed by atoms with Crippen LogP contribution in [-0.4, -0.2) is 34.4 Å². The van der Waals surface area contributed by atoms with Crippen molar-refractivity contribution >= 4 is 5.97 Å².